The molecule has 0 N–H and O–H groups in total. The van der Waals surface area contributed by atoms with Crippen LogP contribution in [0.2, 0.25) is 0 Å². The van der Waals surface area contributed by atoms with Crippen LogP contribution in [0.15, 0.2) is 23.1 Å². The summed E-state index contributed by atoms with van der Waals surface area (Å²) >= 11 is 0. The van der Waals surface area contributed by atoms with Crippen LogP contribution in [-0.4, -0.2) is 50.0 Å². The minimum Gasteiger partial charge on any atom is -0.343 e. The fraction of sp³-hybridized carbons (Fsp3) is 0.619. The number of fused-ring (bicyclic) bond motifs is 1. The second kappa shape index (κ2) is 8.23. The SMILES string of the molecule is CC(=O)N1CCc2cc(S(=O)(=O)[C@H](C)CC(=O)N(C)C3CCCCC3)ccc21. The van der Waals surface area contributed by atoms with Crippen molar-refractivity contribution in [1.29, 1.82) is 0 Å². The number of carbonyl (C=O) groups is 2. The van der Waals surface area contributed by atoms with Gasteiger partial charge in [-0.2, -0.15) is 0 Å². The molecule has 28 heavy (non-hydrogen) atoms. The zero-order valence-corrected chi connectivity index (χ0v) is 17.8. The first-order valence-corrected chi connectivity index (χ1v) is 11.7. The highest BCUT2D eigenvalue weighted by molar-refractivity contribution is 7.92. The molecule has 1 heterocycles. The van der Waals surface area contributed by atoms with Crippen molar-refractivity contribution in [2.45, 2.75) is 75.0 Å². The molecule has 1 aliphatic heterocycles. The van der Waals surface area contributed by atoms with Crippen LogP contribution in [0.4, 0.5) is 5.69 Å². The summed E-state index contributed by atoms with van der Waals surface area (Å²) in [6.45, 7) is 3.70. The van der Waals surface area contributed by atoms with Crippen molar-refractivity contribution in [3.05, 3.63) is 23.8 Å². The number of anilines is 1. The van der Waals surface area contributed by atoms with Gasteiger partial charge in [-0.05, 0) is 49.9 Å². The molecule has 1 fully saturated rings. The van der Waals surface area contributed by atoms with E-state index >= 15 is 0 Å². The molecule has 7 heteroatoms. The Morgan fingerprint density at radius 1 is 1.21 bits per heavy atom. The second-order valence-corrected chi connectivity index (χ2v) is 10.4. The molecule has 3 rings (SSSR count). The van der Waals surface area contributed by atoms with Crippen LogP contribution in [0.5, 0.6) is 0 Å². The number of amides is 2. The monoisotopic (exact) mass is 406 g/mol. The summed E-state index contributed by atoms with van der Waals surface area (Å²) in [5.41, 5.74) is 1.65. The number of hydrogen-bond donors (Lipinski definition) is 0. The summed E-state index contributed by atoms with van der Waals surface area (Å²) < 4.78 is 26.1. The van der Waals surface area contributed by atoms with E-state index in [1.807, 2.05) is 0 Å². The van der Waals surface area contributed by atoms with E-state index in [1.165, 1.54) is 13.3 Å². The fourth-order valence-corrected chi connectivity index (χ4v) is 5.68. The summed E-state index contributed by atoms with van der Waals surface area (Å²) in [6.07, 6.45) is 6.11. The molecule has 0 unspecified atom stereocenters. The molecule has 1 aliphatic carbocycles. The van der Waals surface area contributed by atoms with Gasteiger partial charge in [0, 0.05) is 38.7 Å². The van der Waals surface area contributed by atoms with E-state index in [4.69, 9.17) is 0 Å². The number of carbonyl (C=O) groups excluding carboxylic acids is 2. The van der Waals surface area contributed by atoms with Gasteiger partial charge in [0.05, 0.1) is 10.1 Å². The van der Waals surface area contributed by atoms with Crippen LogP contribution < -0.4 is 4.90 Å². The van der Waals surface area contributed by atoms with E-state index in [9.17, 15) is 18.0 Å². The summed E-state index contributed by atoms with van der Waals surface area (Å²) in [7, 11) is -1.81. The first-order chi connectivity index (χ1) is 13.2. The van der Waals surface area contributed by atoms with Gasteiger partial charge < -0.3 is 9.80 Å². The molecular weight excluding hydrogens is 376 g/mol. The molecule has 0 radical (unpaired) electrons. The molecule has 0 bridgehead atoms. The van der Waals surface area contributed by atoms with Crippen LogP contribution in [0.3, 0.4) is 0 Å². The average Bonchev–Trinajstić information content (AvgIpc) is 3.11. The Morgan fingerprint density at radius 3 is 2.54 bits per heavy atom. The van der Waals surface area contributed by atoms with Gasteiger partial charge in [-0.15, -0.1) is 0 Å². The molecule has 6 nitrogen and oxygen atoms in total. The highest BCUT2D eigenvalue weighted by Crippen LogP contribution is 2.32. The van der Waals surface area contributed by atoms with E-state index in [1.54, 1.807) is 42.0 Å². The maximum absolute atomic E-state index is 13.0. The maximum atomic E-state index is 13.0. The lowest BCUT2D eigenvalue weighted by Gasteiger charge is -2.32. The highest BCUT2D eigenvalue weighted by Gasteiger charge is 2.31. The molecule has 2 amide bonds. The minimum atomic E-state index is -3.61. The van der Waals surface area contributed by atoms with Gasteiger partial charge in [0.2, 0.25) is 11.8 Å². The van der Waals surface area contributed by atoms with Gasteiger partial charge in [0.1, 0.15) is 0 Å². The van der Waals surface area contributed by atoms with Crippen molar-refractivity contribution in [1.82, 2.24) is 4.90 Å². The Balaban J connectivity index is 1.72. The topological polar surface area (TPSA) is 74.8 Å². The quantitative estimate of drug-likeness (QED) is 0.753. The van der Waals surface area contributed by atoms with E-state index in [0.29, 0.717) is 13.0 Å². The number of nitrogens with zero attached hydrogens (tertiary/aromatic N) is 2. The number of hydrogen-bond acceptors (Lipinski definition) is 4. The molecule has 1 aromatic rings. The largest absolute Gasteiger partial charge is 0.343 e. The van der Waals surface area contributed by atoms with Gasteiger partial charge in [0.15, 0.2) is 9.84 Å². The normalized spacial score (nSPS) is 18.6. The lowest BCUT2D eigenvalue weighted by atomic mass is 9.94. The minimum absolute atomic E-state index is 0.00795. The standard InChI is InChI=1S/C21H30N2O4S/c1-15(13-21(25)22(3)18-7-5-4-6-8-18)28(26,27)19-9-10-20-17(14-19)11-12-23(20)16(2)24/h9-10,14-15,18H,4-8,11-13H2,1-3H3/t15-/m1/s1. The molecule has 0 saturated heterocycles. The number of rotatable bonds is 5. The smallest absolute Gasteiger partial charge is 0.223 e. The van der Waals surface area contributed by atoms with Crippen LogP contribution in [-0.2, 0) is 25.8 Å². The van der Waals surface area contributed by atoms with Crippen molar-refractivity contribution < 1.29 is 18.0 Å². The molecule has 0 spiro atoms. The van der Waals surface area contributed by atoms with E-state index in [2.05, 4.69) is 0 Å². The van der Waals surface area contributed by atoms with Gasteiger partial charge in [-0.3, -0.25) is 9.59 Å². The Bertz CT molecular complexity index is 859. The summed E-state index contributed by atoms with van der Waals surface area (Å²) in [5.74, 6) is -0.147. The molecular formula is C21H30N2O4S. The van der Waals surface area contributed by atoms with E-state index < -0.39 is 15.1 Å². The molecule has 1 aromatic carbocycles. The third kappa shape index (κ3) is 4.09. The molecule has 2 aliphatic rings. The predicted octanol–water partition coefficient (Wildman–Crippen LogP) is 2.94. The third-order valence-electron chi connectivity index (χ3n) is 6.16. The first-order valence-electron chi connectivity index (χ1n) is 10.1. The lowest BCUT2D eigenvalue weighted by Crippen LogP contribution is -2.40. The zero-order chi connectivity index (χ0) is 20.5. The molecule has 1 atom stereocenters. The fourth-order valence-electron chi connectivity index (χ4n) is 4.29. The second-order valence-electron chi connectivity index (χ2n) is 8.07. The van der Waals surface area contributed by atoms with Gasteiger partial charge in [-0.1, -0.05) is 19.3 Å². The Labute approximate surface area is 167 Å². The highest BCUT2D eigenvalue weighted by atomic mass is 32.2. The van der Waals surface area contributed by atoms with Crippen LogP contribution in [0, 0.1) is 0 Å². The van der Waals surface area contributed by atoms with Crippen molar-refractivity contribution in [3.8, 4) is 0 Å². The van der Waals surface area contributed by atoms with Gasteiger partial charge in [-0.25, -0.2) is 8.42 Å². The Morgan fingerprint density at radius 2 is 1.89 bits per heavy atom. The van der Waals surface area contributed by atoms with Crippen molar-refractivity contribution in [3.63, 3.8) is 0 Å². The van der Waals surface area contributed by atoms with Gasteiger partial charge in [0.25, 0.3) is 0 Å². The van der Waals surface area contributed by atoms with Crippen molar-refractivity contribution in [2.24, 2.45) is 0 Å². The Hall–Kier alpha value is -1.89. The summed E-state index contributed by atoms with van der Waals surface area (Å²) in [4.78, 5) is 28.0. The number of benzene rings is 1. The van der Waals surface area contributed by atoms with E-state index in [-0.39, 0.29) is 29.2 Å². The Kier molecular flexibility index (Phi) is 6.12. The van der Waals surface area contributed by atoms with Crippen molar-refractivity contribution >= 4 is 27.3 Å². The summed E-state index contributed by atoms with van der Waals surface area (Å²) in [6, 6.07) is 5.16. The zero-order valence-electron chi connectivity index (χ0n) is 17.0. The molecule has 1 saturated carbocycles. The molecule has 154 valence electrons. The van der Waals surface area contributed by atoms with Crippen molar-refractivity contribution in [2.75, 3.05) is 18.5 Å². The van der Waals surface area contributed by atoms with E-state index in [0.717, 1.165) is 36.9 Å². The summed E-state index contributed by atoms with van der Waals surface area (Å²) in [5, 5.41) is -0.783. The van der Waals surface area contributed by atoms with Crippen LogP contribution in [0.1, 0.15) is 57.9 Å². The third-order valence-corrected chi connectivity index (χ3v) is 8.30. The number of sulfone groups is 1. The maximum Gasteiger partial charge on any atom is 0.223 e. The van der Waals surface area contributed by atoms with Gasteiger partial charge >= 0.3 is 0 Å². The first kappa shape index (κ1) is 20.8. The lowest BCUT2D eigenvalue weighted by molar-refractivity contribution is -0.132. The average molecular weight is 407 g/mol. The predicted molar refractivity (Wildman–Crippen MR) is 109 cm³/mol. The van der Waals surface area contributed by atoms with Crippen LogP contribution in [0.25, 0.3) is 0 Å². The molecule has 0 aromatic heterocycles. The van der Waals surface area contributed by atoms with Crippen LogP contribution >= 0.6 is 0 Å².